The van der Waals surface area contributed by atoms with Gasteiger partial charge in [-0.2, -0.15) is 0 Å². The van der Waals surface area contributed by atoms with Gasteiger partial charge in [0, 0.05) is 24.3 Å². The predicted molar refractivity (Wildman–Crippen MR) is 99.7 cm³/mol. The molecule has 1 aromatic carbocycles. The Morgan fingerprint density at radius 3 is 2.92 bits per heavy atom. The van der Waals surface area contributed by atoms with Gasteiger partial charge in [-0.3, -0.25) is 4.79 Å². The molecule has 3 aromatic rings. The van der Waals surface area contributed by atoms with Crippen molar-refractivity contribution < 1.29 is 13.9 Å². The topological polar surface area (TPSA) is 83.0 Å². The van der Waals surface area contributed by atoms with Crippen LogP contribution in [0.25, 0.3) is 10.7 Å². The van der Waals surface area contributed by atoms with Crippen LogP contribution in [0.2, 0.25) is 0 Å². The number of carbonyl (C=O) groups is 1. The molecule has 0 aliphatic heterocycles. The number of primary amides is 1. The molecule has 0 atom stereocenters. The summed E-state index contributed by atoms with van der Waals surface area (Å²) in [6.07, 6.45) is 0.188. The number of benzene rings is 1. The highest BCUT2D eigenvalue weighted by atomic mass is 32.2. The number of amides is 1. The van der Waals surface area contributed by atoms with Crippen molar-refractivity contribution in [3.8, 4) is 16.5 Å². The molecule has 0 radical (unpaired) electrons. The highest BCUT2D eigenvalue weighted by Crippen LogP contribution is 2.31. The minimum atomic E-state index is -0.390. The SMILES string of the molecule is COc1ccc(F)cc1CSc1nnc(-c2cccs2)n1CCC(N)=O. The summed E-state index contributed by atoms with van der Waals surface area (Å²) in [5.41, 5.74) is 6.01. The molecule has 1 amide bonds. The minimum Gasteiger partial charge on any atom is -0.496 e. The first-order valence-corrected chi connectivity index (χ1v) is 9.65. The Bertz CT molecular complexity index is 896. The minimum absolute atomic E-state index is 0.188. The van der Waals surface area contributed by atoms with Crippen LogP contribution in [-0.2, 0) is 17.1 Å². The molecule has 2 aromatic heterocycles. The van der Waals surface area contributed by atoms with E-state index in [2.05, 4.69) is 10.2 Å². The number of thiophene rings is 1. The van der Waals surface area contributed by atoms with Gasteiger partial charge < -0.3 is 15.0 Å². The van der Waals surface area contributed by atoms with E-state index in [1.807, 2.05) is 22.1 Å². The molecule has 0 aliphatic carbocycles. The molecule has 2 N–H and O–H groups in total. The fourth-order valence-electron chi connectivity index (χ4n) is 2.41. The summed E-state index contributed by atoms with van der Waals surface area (Å²) in [4.78, 5) is 12.2. The molecule has 0 saturated carbocycles. The second-order valence-electron chi connectivity index (χ2n) is 5.40. The Balaban J connectivity index is 1.85. The van der Waals surface area contributed by atoms with E-state index < -0.39 is 5.91 Å². The molecule has 0 saturated heterocycles. The van der Waals surface area contributed by atoms with Gasteiger partial charge in [0.15, 0.2) is 11.0 Å². The van der Waals surface area contributed by atoms with Crippen LogP contribution in [0.3, 0.4) is 0 Å². The lowest BCUT2D eigenvalue weighted by atomic mass is 10.2. The first-order chi connectivity index (χ1) is 12.6. The number of halogens is 1. The zero-order valence-corrected chi connectivity index (χ0v) is 15.6. The van der Waals surface area contributed by atoms with E-state index in [1.165, 1.54) is 23.9 Å². The maximum atomic E-state index is 13.5. The van der Waals surface area contributed by atoms with Gasteiger partial charge in [-0.1, -0.05) is 17.8 Å². The van der Waals surface area contributed by atoms with Gasteiger partial charge in [-0.25, -0.2) is 4.39 Å². The Morgan fingerprint density at radius 1 is 1.38 bits per heavy atom. The fraction of sp³-hybridized carbons (Fsp3) is 0.235. The number of rotatable bonds is 8. The van der Waals surface area contributed by atoms with Gasteiger partial charge in [0.2, 0.25) is 5.91 Å². The third-order valence-corrected chi connectivity index (χ3v) is 5.52. The normalized spacial score (nSPS) is 10.8. The van der Waals surface area contributed by atoms with E-state index in [1.54, 1.807) is 24.5 Å². The summed E-state index contributed by atoms with van der Waals surface area (Å²) in [6.45, 7) is 0.387. The van der Waals surface area contributed by atoms with Crippen molar-refractivity contribution in [2.24, 2.45) is 5.73 Å². The maximum absolute atomic E-state index is 13.5. The maximum Gasteiger partial charge on any atom is 0.219 e. The van der Waals surface area contributed by atoms with Crippen LogP contribution in [0.4, 0.5) is 4.39 Å². The van der Waals surface area contributed by atoms with Crippen LogP contribution in [-0.4, -0.2) is 27.8 Å². The number of thioether (sulfide) groups is 1. The quantitative estimate of drug-likeness (QED) is 0.595. The number of hydrogen-bond donors (Lipinski definition) is 1. The van der Waals surface area contributed by atoms with Crippen LogP contribution in [0.15, 0.2) is 40.9 Å². The predicted octanol–water partition coefficient (Wildman–Crippen LogP) is 3.32. The molecule has 6 nitrogen and oxygen atoms in total. The second-order valence-corrected chi connectivity index (χ2v) is 7.29. The standard InChI is InChI=1S/C17H17FN4O2S2/c1-24-13-5-4-12(18)9-11(13)10-26-17-21-20-16(14-3-2-8-25-14)22(17)7-6-15(19)23/h2-5,8-9H,6-7,10H2,1H3,(H2,19,23). The summed E-state index contributed by atoms with van der Waals surface area (Å²) in [6, 6.07) is 8.27. The van der Waals surface area contributed by atoms with Gasteiger partial charge in [-0.05, 0) is 29.6 Å². The Morgan fingerprint density at radius 2 is 2.23 bits per heavy atom. The number of hydrogen-bond acceptors (Lipinski definition) is 6. The van der Waals surface area contributed by atoms with Gasteiger partial charge in [0.05, 0.1) is 12.0 Å². The molecule has 2 heterocycles. The van der Waals surface area contributed by atoms with Gasteiger partial charge in [-0.15, -0.1) is 21.5 Å². The van der Waals surface area contributed by atoms with Crippen LogP contribution in [0, 0.1) is 5.82 Å². The summed E-state index contributed by atoms with van der Waals surface area (Å²) in [5.74, 6) is 1.05. The third-order valence-electron chi connectivity index (χ3n) is 3.64. The van der Waals surface area contributed by atoms with Crippen molar-refractivity contribution in [3.05, 3.63) is 47.1 Å². The second kappa shape index (κ2) is 8.33. The van der Waals surface area contributed by atoms with Crippen molar-refractivity contribution >= 4 is 29.0 Å². The van der Waals surface area contributed by atoms with E-state index >= 15 is 0 Å². The highest BCUT2D eigenvalue weighted by Gasteiger charge is 2.16. The monoisotopic (exact) mass is 392 g/mol. The number of nitrogens with two attached hydrogens (primary N) is 1. The van der Waals surface area contributed by atoms with Crippen molar-refractivity contribution in [1.82, 2.24) is 14.8 Å². The van der Waals surface area contributed by atoms with Gasteiger partial charge >= 0.3 is 0 Å². The summed E-state index contributed by atoms with van der Waals surface area (Å²) >= 11 is 2.95. The Hall–Kier alpha value is -2.39. The van der Waals surface area contributed by atoms with E-state index in [0.717, 1.165) is 10.4 Å². The van der Waals surface area contributed by atoms with Crippen LogP contribution >= 0.6 is 23.1 Å². The smallest absolute Gasteiger partial charge is 0.219 e. The third kappa shape index (κ3) is 4.23. The first-order valence-electron chi connectivity index (χ1n) is 7.79. The molecular formula is C17H17FN4O2S2. The molecule has 9 heteroatoms. The zero-order chi connectivity index (χ0) is 18.5. The van der Waals surface area contributed by atoms with E-state index in [4.69, 9.17) is 10.5 Å². The summed E-state index contributed by atoms with van der Waals surface area (Å²) in [7, 11) is 1.55. The van der Waals surface area contributed by atoms with Crippen molar-refractivity contribution in [3.63, 3.8) is 0 Å². The number of aromatic nitrogens is 3. The fourth-order valence-corrected chi connectivity index (χ4v) is 4.07. The molecule has 136 valence electrons. The van der Waals surface area contributed by atoms with Crippen LogP contribution < -0.4 is 10.5 Å². The molecule has 0 aliphatic rings. The average Bonchev–Trinajstić information content (AvgIpc) is 3.27. The van der Waals surface area contributed by atoms with Crippen molar-refractivity contribution in [1.29, 1.82) is 0 Å². The van der Waals surface area contributed by atoms with E-state index in [0.29, 0.717) is 29.0 Å². The van der Waals surface area contributed by atoms with Gasteiger partial charge in [0.1, 0.15) is 11.6 Å². The lowest BCUT2D eigenvalue weighted by Gasteiger charge is -2.10. The molecular weight excluding hydrogens is 375 g/mol. The van der Waals surface area contributed by atoms with Crippen molar-refractivity contribution in [2.45, 2.75) is 23.9 Å². The average molecular weight is 392 g/mol. The number of carbonyl (C=O) groups excluding carboxylic acids is 1. The lowest BCUT2D eigenvalue weighted by molar-refractivity contribution is -0.118. The number of ether oxygens (including phenoxy) is 1. The molecule has 3 rings (SSSR count). The lowest BCUT2D eigenvalue weighted by Crippen LogP contribution is -2.14. The number of methoxy groups -OCH3 is 1. The van der Waals surface area contributed by atoms with Crippen LogP contribution in [0.5, 0.6) is 5.75 Å². The Kier molecular flexibility index (Phi) is 5.89. The first kappa shape index (κ1) is 18.4. The molecule has 0 unspecified atom stereocenters. The number of nitrogens with zero attached hydrogens (tertiary/aromatic N) is 3. The zero-order valence-electron chi connectivity index (χ0n) is 14.0. The molecule has 0 bridgehead atoms. The van der Waals surface area contributed by atoms with Crippen molar-refractivity contribution in [2.75, 3.05) is 7.11 Å². The Labute approximate surface area is 158 Å². The van der Waals surface area contributed by atoms with Gasteiger partial charge in [0.25, 0.3) is 0 Å². The highest BCUT2D eigenvalue weighted by molar-refractivity contribution is 7.98. The van der Waals surface area contributed by atoms with Crippen LogP contribution in [0.1, 0.15) is 12.0 Å². The molecule has 26 heavy (non-hydrogen) atoms. The summed E-state index contributed by atoms with van der Waals surface area (Å²) in [5, 5.41) is 11.1. The molecule has 0 fully saturated rings. The largest absolute Gasteiger partial charge is 0.496 e. The molecule has 0 spiro atoms. The van der Waals surface area contributed by atoms with E-state index in [-0.39, 0.29) is 12.2 Å². The summed E-state index contributed by atoms with van der Waals surface area (Å²) < 4.78 is 20.7. The van der Waals surface area contributed by atoms with E-state index in [9.17, 15) is 9.18 Å².